The van der Waals surface area contributed by atoms with Gasteiger partial charge in [0.05, 0.1) is 11.2 Å². The van der Waals surface area contributed by atoms with E-state index < -0.39 is 5.63 Å². The number of anilines is 1. The normalized spacial score (nSPS) is 11.3. The Morgan fingerprint density at radius 1 is 1.12 bits per heavy atom. The van der Waals surface area contributed by atoms with Crippen molar-refractivity contribution in [3.8, 4) is 28.4 Å². The molecule has 2 aromatic carbocycles. The Labute approximate surface area is 200 Å². The minimum absolute atomic E-state index is 0.282. The second-order valence-corrected chi connectivity index (χ2v) is 8.44. The lowest BCUT2D eigenvalue weighted by Crippen LogP contribution is -2.36. The van der Waals surface area contributed by atoms with E-state index >= 15 is 0 Å². The van der Waals surface area contributed by atoms with E-state index in [1.165, 1.54) is 22.2 Å². The SMILES string of the molecule is O=c1o[nH][n+](-c2ccccc2)c1-c1csc(N/N=C/c2ccc(-c3ccc(Cl)cc3Cl)o2)n1. The zero-order valence-corrected chi connectivity index (χ0v) is 19.0. The topological polar surface area (TPSA) is 100 Å². The van der Waals surface area contributed by atoms with Gasteiger partial charge in [0.1, 0.15) is 11.5 Å². The third-order valence-corrected chi connectivity index (χ3v) is 5.88. The molecule has 0 saturated heterocycles. The van der Waals surface area contributed by atoms with E-state index in [2.05, 4.69) is 20.8 Å². The zero-order chi connectivity index (χ0) is 22.8. The molecule has 0 aliphatic carbocycles. The van der Waals surface area contributed by atoms with E-state index in [0.29, 0.717) is 32.4 Å². The van der Waals surface area contributed by atoms with Gasteiger partial charge in [0, 0.05) is 28.1 Å². The number of para-hydroxylation sites is 1. The molecule has 3 heterocycles. The minimum Gasteiger partial charge on any atom is -0.455 e. The Morgan fingerprint density at radius 2 is 1.97 bits per heavy atom. The average Bonchev–Trinajstić information content (AvgIpc) is 3.55. The summed E-state index contributed by atoms with van der Waals surface area (Å²) >= 11 is 13.5. The van der Waals surface area contributed by atoms with E-state index in [0.717, 1.165) is 11.3 Å². The molecule has 0 aliphatic heterocycles. The van der Waals surface area contributed by atoms with Crippen LogP contribution < -0.4 is 15.7 Å². The number of furan rings is 1. The number of halogens is 2. The van der Waals surface area contributed by atoms with Crippen LogP contribution in [0.3, 0.4) is 0 Å². The first-order valence-corrected chi connectivity index (χ1v) is 11.2. The first-order valence-electron chi connectivity index (χ1n) is 9.58. The van der Waals surface area contributed by atoms with Crippen LogP contribution in [-0.4, -0.2) is 16.5 Å². The highest BCUT2D eigenvalue weighted by Crippen LogP contribution is 2.31. The zero-order valence-electron chi connectivity index (χ0n) is 16.7. The first-order chi connectivity index (χ1) is 16.1. The number of H-pyrrole nitrogens is 1. The number of aromatic amines is 1. The molecule has 164 valence electrons. The Balaban J connectivity index is 1.32. The molecule has 3 aromatic heterocycles. The molecule has 0 saturated carbocycles. The Morgan fingerprint density at radius 3 is 2.79 bits per heavy atom. The van der Waals surface area contributed by atoms with Crippen molar-refractivity contribution in [1.82, 2.24) is 10.3 Å². The molecular formula is C22H14Cl2N5O3S+. The first kappa shape index (κ1) is 21.2. The fourth-order valence-electron chi connectivity index (χ4n) is 3.09. The number of nitrogens with one attached hydrogen (secondary N) is 2. The molecule has 0 spiro atoms. The molecule has 0 fully saturated rings. The lowest BCUT2D eigenvalue weighted by molar-refractivity contribution is -0.660. The second kappa shape index (κ2) is 9.07. The summed E-state index contributed by atoms with van der Waals surface area (Å²) in [5, 5.41) is 10.0. The van der Waals surface area contributed by atoms with Crippen LogP contribution in [0.2, 0.25) is 10.0 Å². The number of nitrogens with zero attached hydrogens (tertiary/aromatic N) is 3. The van der Waals surface area contributed by atoms with Crippen molar-refractivity contribution in [3.63, 3.8) is 0 Å². The molecule has 11 heteroatoms. The van der Waals surface area contributed by atoms with Gasteiger partial charge in [0.25, 0.3) is 0 Å². The van der Waals surface area contributed by atoms with Gasteiger partial charge in [-0.1, -0.05) is 41.4 Å². The standard InChI is InChI=1S/C22H13Cl2N5O3S/c23-13-6-8-16(17(24)10-13)19-9-7-15(31-19)11-25-27-22-26-18(12-33-22)20-21(30)32-28-29(20)14-4-2-1-3-5-14/h1-12H,(H-,26,27,28,30)/p+1/b25-11+. The van der Waals surface area contributed by atoms with Crippen molar-refractivity contribution in [2.75, 3.05) is 5.43 Å². The van der Waals surface area contributed by atoms with Crippen molar-refractivity contribution in [2.45, 2.75) is 0 Å². The molecule has 8 nitrogen and oxygen atoms in total. The highest BCUT2D eigenvalue weighted by molar-refractivity contribution is 7.14. The molecule has 0 bridgehead atoms. The smallest absolute Gasteiger partial charge is 0.437 e. The Bertz CT molecular complexity index is 1500. The van der Waals surface area contributed by atoms with Gasteiger partial charge < -0.3 is 4.42 Å². The van der Waals surface area contributed by atoms with Gasteiger partial charge in [-0.25, -0.2) is 9.78 Å². The Hall–Kier alpha value is -3.66. The van der Waals surface area contributed by atoms with Crippen LogP contribution in [0.15, 0.2) is 84.9 Å². The maximum absolute atomic E-state index is 12.3. The van der Waals surface area contributed by atoms with Crippen LogP contribution in [0.25, 0.3) is 28.4 Å². The molecule has 5 rings (SSSR count). The average molecular weight is 499 g/mol. The number of thiazole rings is 1. The second-order valence-electron chi connectivity index (χ2n) is 6.73. The van der Waals surface area contributed by atoms with Crippen LogP contribution in [0, 0.1) is 0 Å². The summed E-state index contributed by atoms with van der Waals surface area (Å²) < 4.78 is 12.3. The van der Waals surface area contributed by atoms with Crippen LogP contribution in [0.5, 0.6) is 0 Å². The fourth-order valence-corrected chi connectivity index (χ4v) is 4.24. The Kier molecular flexibility index (Phi) is 5.82. The summed E-state index contributed by atoms with van der Waals surface area (Å²) in [7, 11) is 0. The third kappa shape index (κ3) is 4.47. The molecule has 0 atom stereocenters. The van der Waals surface area contributed by atoms with Gasteiger partial charge >= 0.3 is 11.3 Å². The van der Waals surface area contributed by atoms with Crippen LogP contribution >= 0.6 is 34.5 Å². The number of benzene rings is 2. The van der Waals surface area contributed by atoms with E-state index in [4.69, 9.17) is 32.1 Å². The number of aromatic nitrogens is 3. The summed E-state index contributed by atoms with van der Waals surface area (Å²) in [6, 6.07) is 18.1. The number of hydrazone groups is 1. The van der Waals surface area contributed by atoms with Gasteiger partial charge in [-0.3, -0.25) is 9.95 Å². The van der Waals surface area contributed by atoms with Gasteiger partial charge in [0.15, 0.2) is 5.69 Å². The maximum Gasteiger partial charge on any atom is 0.437 e. The van der Waals surface area contributed by atoms with Crippen molar-refractivity contribution in [3.05, 3.63) is 92.3 Å². The predicted molar refractivity (Wildman–Crippen MR) is 127 cm³/mol. The minimum atomic E-state index is -0.525. The van der Waals surface area contributed by atoms with Gasteiger partial charge in [-0.2, -0.15) is 5.10 Å². The van der Waals surface area contributed by atoms with Gasteiger partial charge in [-0.05, 0) is 40.3 Å². The molecule has 33 heavy (non-hydrogen) atoms. The third-order valence-electron chi connectivity index (χ3n) is 4.58. The van der Waals surface area contributed by atoms with E-state index in [1.54, 1.807) is 35.7 Å². The summed E-state index contributed by atoms with van der Waals surface area (Å²) in [4.78, 5) is 16.7. The summed E-state index contributed by atoms with van der Waals surface area (Å²) in [6.45, 7) is 0. The quantitative estimate of drug-likeness (QED) is 0.186. The van der Waals surface area contributed by atoms with Crippen molar-refractivity contribution in [1.29, 1.82) is 0 Å². The van der Waals surface area contributed by atoms with E-state index in [1.807, 2.05) is 30.3 Å². The largest absolute Gasteiger partial charge is 0.455 e. The molecule has 0 unspecified atom stereocenters. The molecule has 0 radical (unpaired) electrons. The highest BCUT2D eigenvalue weighted by atomic mass is 35.5. The molecule has 0 aliphatic rings. The van der Waals surface area contributed by atoms with Crippen LogP contribution in [-0.2, 0) is 0 Å². The van der Waals surface area contributed by atoms with Crippen LogP contribution in [0.4, 0.5) is 5.13 Å². The summed E-state index contributed by atoms with van der Waals surface area (Å²) in [5.41, 5.74) is 4.53. The van der Waals surface area contributed by atoms with Crippen molar-refractivity contribution >= 4 is 45.9 Å². The molecule has 2 N–H and O–H groups in total. The van der Waals surface area contributed by atoms with Gasteiger partial charge in [-0.15, -0.1) is 11.3 Å². The molecule has 5 aromatic rings. The summed E-state index contributed by atoms with van der Waals surface area (Å²) in [6.07, 6.45) is 1.52. The van der Waals surface area contributed by atoms with Crippen molar-refractivity contribution in [2.24, 2.45) is 5.10 Å². The summed E-state index contributed by atoms with van der Waals surface area (Å²) in [5.74, 6) is 1.12. The van der Waals surface area contributed by atoms with Gasteiger partial charge in [0.2, 0.25) is 10.8 Å². The molecular weight excluding hydrogens is 485 g/mol. The number of rotatable bonds is 6. The predicted octanol–water partition coefficient (Wildman–Crippen LogP) is 5.38. The van der Waals surface area contributed by atoms with Crippen molar-refractivity contribution < 1.29 is 13.6 Å². The highest BCUT2D eigenvalue weighted by Gasteiger charge is 2.27. The number of hydrogen-bond acceptors (Lipinski definition) is 7. The van der Waals surface area contributed by atoms with E-state index in [9.17, 15) is 4.79 Å². The van der Waals surface area contributed by atoms with E-state index in [-0.39, 0.29) is 5.69 Å². The fraction of sp³-hybridized carbons (Fsp3) is 0. The molecule has 0 amide bonds. The monoisotopic (exact) mass is 498 g/mol. The number of hydrogen-bond donors (Lipinski definition) is 2. The lowest BCUT2D eigenvalue weighted by atomic mass is 10.2. The maximum atomic E-state index is 12.3. The van der Waals surface area contributed by atoms with Crippen LogP contribution in [0.1, 0.15) is 5.76 Å². The lowest BCUT2D eigenvalue weighted by Gasteiger charge is -2.00.